The van der Waals surface area contributed by atoms with Crippen molar-refractivity contribution < 1.29 is 18.4 Å². The Morgan fingerprint density at radius 2 is 1.88 bits per heavy atom. The minimum absolute atomic E-state index is 0.215. The molecule has 25 heavy (non-hydrogen) atoms. The van der Waals surface area contributed by atoms with Crippen molar-refractivity contribution in [2.45, 2.75) is 20.8 Å². The summed E-state index contributed by atoms with van der Waals surface area (Å²) < 4.78 is 18.3. The van der Waals surface area contributed by atoms with Gasteiger partial charge in [-0.15, -0.1) is 0 Å². The average Bonchev–Trinajstić information content (AvgIpc) is 2.81. The van der Waals surface area contributed by atoms with Crippen LogP contribution < -0.4 is 4.52 Å². The molecule has 0 spiro atoms. The molecule has 1 aromatic carbocycles. The molecule has 0 saturated carbocycles. The number of halogens is 1. The van der Waals surface area contributed by atoms with Crippen LogP contribution in [-0.2, 0) is 27.9 Å². The van der Waals surface area contributed by atoms with Gasteiger partial charge in [0, 0.05) is 24.4 Å². The molecule has 1 aromatic heterocycles. The van der Waals surface area contributed by atoms with E-state index < -0.39 is 6.72 Å². The zero-order valence-electron chi connectivity index (χ0n) is 14.5. The molecule has 0 aliphatic carbocycles. The van der Waals surface area contributed by atoms with Crippen molar-refractivity contribution in [3.05, 3.63) is 46.1 Å². The number of rotatable bonds is 8. The molecule has 0 N–H and O–H groups in total. The molecular weight excluding hydrogens is 383 g/mol. The Morgan fingerprint density at radius 1 is 1.28 bits per heavy atom. The molecule has 0 saturated heterocycles. The first-order chi connectivity index (χ1) is 11.8. The number of benzene rings is 1. The third-order valence-electron chi connectivity index (χ3n) is 3.29. The first kappa shape index (κ1) is 20.1. The summed E-state index contributed by atoms with van der Waals surface area (Å²) in [6.07, 6.45) is 0. The molecule has 136 valence electrons. The Balaban J connectivity index is 2.49. The van der Waals surface area contributed by atoms with E-state index in [-0.39, 0.29) is 11.7 Å². The number of hydrogen-bond donors (Lipinski definition) is 0. The summed E-state index contributed by atoms with van der Waals surface area (Å²) in [4.78, 5) is 13.0. The van der Waals surface area contributed by atoms with Crippen LogP contribution in [-0.4, -0.2) is 28.8 Å². The summed E-state index contributed by atoms with van der Waals surface area (Å²) in [5.41, 5.74) is 1.17. The molecule has 0 aliphatic rings. The van der Waals surface area contributed by atoms with Gasteiger partial charge in [-0.1, -0.05) is 23.7 Å². The first-order valence-electron chi connectivity index (χ1n) is 7.74. The van der Waals surface area contributed by atoms with Crippen molar-refractivity contribution >= 4 is 35.9 Å². The SMILES string of the molecule is CCOP(=S)(OCC)Oc1c(C(=O)c2ccccc2Cl)c(C)nn1C. The Hall–Kier alpha value is -1.24. The van der Waals surface area contributed by atoms with E-state index in [0.29, 0.717) is 35.1 Å². The molecular formula is C16H20ClN2O4PS. The zero-order valence-corrected chi connectivity index (χ0v) is 17.0. The van der Waals surface area contributed by atoms with Gasteiger partial charge in [0.15, 0.2) is 0 Å². The summed E-state index contributed by atoms with van der Waals surface area (Å²) in [5, 5.41) is 4.64. The minimum atomic E-state index is -3.04. The van der Waals surface area contributed by atoms with E-state index in [1.165, 1.54) is 4.68 Å². The lowest BCUT2D eigenvalue weighted by Gasteiger charge is -2.21. The zero-order chi connectivity index (χ0) is 18.6. The van der Waals surface area contributed by atoms with Crippen LogP contribution in [0.25, 0.3) is 0 Å². The van der Waals surface area contributed by atoms with Crippen molar-refractivity contribution in [2.75, 3.05) is 13.2 Å². The quantitative estimate of drug-likeness (QED) is 0.485. The summed E-state index contributed by atoms with van der Waals surface area (Å²) in [5.74, 6) is -0.0756. The molecule has 1 heterocycles. The fraction of sp³-hybridized carbons (Fsp3) is 0.375. The number of nitrogens with zero attached hydrogens (tertiary/aromatic N) is 2. The van der Waals surface area contributed by atoms with E-state index in [9.17, 15) is 4.79 Å². The highest BCUT2D eigenvalue weighted by atomic mass is 35.5. The Morgan fingerprint density at radius 3 is 2.44 bits per heavy atom. The summed E-state index contributed by atoms with van der Waals surface area (Å²) in [6.45, 7) is 2.96. The second-order valence-corrected chi connectivity index (χ2v) is 8.41. The molecule has 0 fully saturated rings. The highest BCUT2D eigenvalue weighted by Crippen LogP contribution is 2.50. The van der Waals surface area contributed by atoms with Gasteiger partial charge < -0.3 is 4.52 Å². The molecule has 6 nitrogen and oxygen atoms in total. The number of carbonyl (C=O) groups excluding carboxylic acids is 1. The van der Waals surface area contributed by atoms with Crippen molar-refractivity contribution in [1.29, 1.82) is 0 Å². The van der Waals surface area contributed by atoms with Gasteiger partial charge >= 0.3 is 6.72 Å². The lowest BCUT2D eigenvalue weighted by molar-refractivity contribution is 0.103. The van der Waals surface area contributed by atoms with Gasteiger partial charge in [-0.2, -0.15) is 5.10 Å². The average molecular weight is 403 g/mol. The fourth-order valence-electron chi connectivity index (χ4n) is 2.30. The minimum Gasteiger partial charge on any atom is -0.405 e. The van der Waals surface area contributed by atoms with E-state index in [1.54, 1.807) is 52.1 Å². The number of aromatic nitrogens is 2. The van der Waals surface area contributed by atoms with E-state index in [0.717, 1.165) is 0 Å². The Bertz CT molecular complexity index is 814. The monoisotopic (exact) mass is 402 g/mol. The molecule has 2 rings (SSSR count). The molecule has 0 aliphatic heterocycles. The second-order valence-electron chi connectivity index (χ2n) is 5.07. The van der Waals surface area contributed by atoms with Gasteiger partial charge in [0.25, 0.3) is 0 Å². The maximum Gasteiger partial charge on any atom is 0.381 e. The maximum absolute atomic E-state index is 13.0. The van der Waals surface area contributed by atoms with Crippen molar-refractivity contribution in [2.24, 2.45) is 7.05 Å². The Labute approximate surface area is 157 Å². The topological polar surface area (TPSA) is 62.6 Å². The van der Waals surface area contributed by atoms with Crippen LogP contribution in [0.2, 0.25) is 5.02 Å². The molecule has 0 amide bonds. The van der Waals surface area contributed by atoms with Crippen LogP contribution in [0, 0.1) is 6.92 Å². The van der Waals surface area contributed by atoms with Crippen LogP contribution in [0.3, 0.4) is 0 Å². The largest absolute Gasteiger partial charge is 0.405 e. The Kier molecular flexibility index (Phi) is 6.77. The van der Waals surface area contributed by atoms with E-state index >= 15 is 0 Å². The van der Waals surface area contributed by atoms with E-state index in [2.05, 4.69) is 5.10 Å². The summed E-state index contributed by atoms with van der Waals surface area (Å²) in [6, 6.07) is 6.82. The van der Waals surface area contributed by atoms with E-state index in [4.69, 9.17) is 37.0 Å². The smallest absolute Gasteiger partial charge is 0.381 e. The van der Waals surface area contributed by atoms with Gasteiger partial charge in [0.2, 0.25) is 11.7 Å². The van der Waals surface area contributed by atoms with Crippen molar-refractivity contribution in [1.82, 2.24) is 9.78 Å². The van der Waals surface area contributed by atoms with Gasteiger partial charge in [0.05, 0.1) is 23.9 Å². The van der Waals surface area contributed by atoms with Gasteiger partial charge in [-0.3, -0.25) is 13.8 Å². The third kappa shape index (κ3) is 4.49. The highest BCUT2D eigenvalue weighted by molar-refractivity contribution is 8.07. The molecule has 9 heteroatoms. The standard InChI is InChI=1S/C16H20ClN2O4PS/c1-5-21-24(25,22-6-2)23-16-14(11(3)18-19(16)4)15(20)12-9-7-8-10-13(12)17/h7-10H,5-6H2,1-4H3. The first-order valence-corrected chi connectivity index (χ1v) is 10.7. The molecule has 2 aromatic rings. The summed E-state index contributed by atoms with van der Waals surface area (Å²) in [7, 11) is 1.67. The van der Waals surface area contributed by atoms with Crippen LogP contribution in [0.15, 0.2) is 24.3 Å². The van der Waals surface area contributed by atoms with Crippen LogP contribution in [0.1, 0.15) is 35.5 Å². The third-order valence-corrected chi connectivity index (χ3v) is 6.02. The highest BCUT2D eigenvalue weighted by Gasteiger charge is 2.30. The van der Waals surface area contributed by atoms with Gasteiger partial charge in [0.1, 0.15) is 5.56 Å². The normalized spacial score (nSPS) is 11.6. The predicted molar refractivity (Wildman–Crippen MR) is 101 cm³/mol. The number of ketones is 1. The summed E-state index contributed by atoms with van der Waals surface area (Å²) >= 11 is 11.6. The van der Waals surface area contributed by atoms with Crippen LogP contribution in [0.4, 0.5) is 0 Å². The van der Waals surface area contributed by atoms with Crippen LogP contribution >= 0.6 is 18.3 Å². The van der Waals surface area contributed by atoms with Crippen LogP contribution in [0.5, 0.6) is 5.88 Å². The lowest BCUT2D eigenvalue weighted by atomic mass is 10.0. The number of hydrogen-bond acceptors (Lipinski definition) is 6. The molecule has 0 radical (unpaired) electrons. The van der Waals surface area contributed by atoms with Gasteiger partial charge in [-0.05, 0) is 32.9 Å². The van der Waals surface area contributed by atoms with Gasteiger partial charge in [-0.25, -0.2) is 4.68 Å². The maximum atomic E-state index is 13.0. The fourth-order valence-corrected chi connectivity index (χ4v) is 4.59. The second kappa shape index (κ2) is 8.43. The number of carbonyl (C=O) groups is 1. The van der Waals surface area contributed by atoms with Crippen molar-refractivity contribution in [3.63, 3.8) is 0 Å². The predicted octanol–water partition coefficient (Wildman–Crippen LogP) is 4.29. The number of aryl methyl sites for hydroxylation is 2. The van der Waals surface area contributed by atoms with E-state index in [1.807, 2.05) is 0 Å². The van der Waals surface area contributed by atoms with Crippen molar-refractivity contribution in [3.8, 4) is 5.88 Å². The lowest BCUT2D eigenvalue weighted by Crippen LogP contribution is -2.09. The molecule has 0 bridgehead atoms. The molecule has 0 atom stereocenters. The molecule has 0 unspecified atom stereocenters.